The summed E-state index contributed by atoms with van der Waals surface area (Å²) < 4.78 is 0. The molecule has 0 N–H and O–H groups in total. The summed E-state index contributed by atoms with van der Waals surface area (Å²) >= 11 is 0. The molecule has 0 aliphatic rings. The molecular formula is C3H8Ta. The second-order valence-corrected chi connectivity index (χ2v) is 0. The summed E-state index contributed by atoms with van der Waals surface area (Å²) in [6.45, 7) is 5.00. The van der Waals surface area contributed by atoms with Crippen LogP contribution in [0.15, 0.2) is 0 Å². The van der Waals surface area contributed by atoms with E-state index >= 15 is 0 Å². The minimum Gasteiger partial charge on any atom is -0.358 e. The summed E-state index contributed by atoms with van der Waals surface area (Å²) in [6.07, 6.45) is 0. The van der Waals surface area contributed by atoms with Crippen molar-refractivity contribution in [2.45, 2.75) is 6.92 Å². The van der Waals surface area contributed by atoms with Crippen molar-refractivity contribution in [3.63, 3.8) is 0 Å². The predicted molar refractivity (Wildman–Crippen MR) is 17.4 cm³/mol. The molecule has 0 aromatic heterocycles. The fraction of sp³-hybridized carbons (Fsp3) is 0.333. The van der Waals surface area contributed by atoms with Gasteiger partial charge in [0.2, 0.25) is 0 Å². The summed E-state index contributed by atoms with van der Waals surface area (Å²) in [6, 6.07) is 0. The number of hydrogen-bond donors (Lipinski definition) is 0. The average molecular weight is 225 g/mol. The van der Waals surface area contributed by atoms with Gasteiger partial charge in [0.1, 0.15) is 0 Å². The summed E-state index contributed by atoms with van der Waals surface area (Å²) in [5.41, 5.74) is 0. The molecule has 0 amide bonds. The van der Waals surface area contributed by atoms with E-state index in [1.54, 1.807) is 6.92 Å². The van der Waals surface area contributed by atoms with Gasteiger partial charge < -0.3 is 14.4 Å². The largest absolute Gasteiger partial charge is 2.00 e. The van der Waals surface area contributed by atoms with Gasteiger partial charge in [0.05, 0.1) is 0 Å². The molecule has 0 unspecified atom stereocenters. The quantitative estimate of drug-likeness (QED) is 0.545. The van der Waals surface area contributed by atoms with Crippen LogP contribution in [0.4, 0.5) is 0 Å². The fourth-order valence-electron chi connectivity index (χ4n) is 0. The molecule has 0 spiro atoms. The van der Waals surface area contributed by atoms with Gasteiger partial charge in [0, 0.05) is 0 Å². The van der Waals surface area contributed by atoms with E-state index in [9.17, 15) is 0 Å². The first-order valence-electron chi connectivity index (χ1n) is 0.707. The summed E-state index contributed by atoms with van der Waals surface area (Å²) in [4.78, 5) is 0. The van der Waals surface area contributed by atoms with Crippen LogP contribution in [0.3, 0.4) is 0 Å². The first-order chi connectivity index (χ1) is 1.00. The second-order valence-electron chi connectivity index (χ2n) is 0. The van der Waals surface area contributed by atoms with Crippen molar-refractivity contribution < 1.29 is 22.4 Å². The molecule has 0 fully saturated rings. The monoisotopic (exact) mass is 225 g/mol. The molecule has 0 bridgehead atoms. The van der Waals surface area contributed by atoms with Gasteiger partial charge in [-0.1, -0.05) is 0 Å². The van der Waals surface area contributed by atoms with Crippen LogP contribution in [0.5, 0.6) is 0 Å². The molecule has 4 heavy (non-hydrogen) atoms. The van der Waals surface area contributed by atoms with Crippen molar-refractivity contribution in [1.29, 1.82) is 0 Å². The molecular weight excluding hydrogens is 217 g/mol. The maximum atomic E-state index is 3.25. The Bertz CT molecular complexity index is 3.25. The third-order valence-corrected chi connectivity index (χ3v) is 0. The first-order valence-corrected chi connectivity index (χ1v) is 0.707. The Hall–Kier alpha value is 0.740. The van der Waals surface area contributed by atoms with Crippen LogP contribution in [0, 0.1) is 14.4 Å². The molecule has 0 aromatic rings. The Labute approximate surface area is 44.1 Å². The van der Waals surface area contributed by atoms with E-state index in [1.165, 1.54) is 0 Å². The maximum Gasteiger partial charge on any atom is 2.00 e. The van der Waals surface area contributed by atoms with E-state index in [-0.39, 0.29) is 29.8 Å². The molecule has 1 heteroatoms. The van der Waals surface area contributed by atoms with Gasteiger partial charge in [0.15, 0.2) is 0 Å². The predicted octanol–water partition coefficient (Wildman–Crippen LogP) is 1.29. The zero-order valence-corrected chi connectivity index (χ0v) is 6.37. The van der Waals surface area contributed by atoms with Crippen LogP contribution in [0.2, 0.25) is 0 Å². The van der Waals surface area contributed by atoms with E-state index < -0.39 is 0 Å². The van der Waals surface area contributed by atoms with Gasteiger partial charge in [-0.3, -0.25) is 0 Å². The van der Waals surface area contributed by atoms with Gasteiger partial charge in [-0.2, -0.15) is 6.92 Å². The summed E-state index contributed by atoms with van der Waals surface area (Å²) in [5.74, 6) is 0. The molecule has 1 radical (unpaired) electrons. The van der Waals surface area contributed by atoms with E-state index in [0.29, 0.717) is 0 Å². The molecule has 0 saturated carbocycles. The number of hydrogen-bond acceptors (Lipinski definition) is 0. The second kappa shape index (κ2) is 51.3. The van der Waals surface area contributed by atoms with Gasteiger partial charge in [-0.25, -0.2) is 0 Å². The Morgan fingerprint density at radius 1 is 1.25 bits per heavy atom. The molecule has 0 nitrogen and oxygen atoms in total. The normalized spacial score (nSPS) is 1.50. The molecule has 25 valence electrons. The van der Waals surface area contributed by atoms with Crippen molar-refractivity contribution >= 4 is 0 Å². The van der Waals surface area contributed by atoms with E-state index in [2.05, 4.69) is 6.92 Å². The molecule has 0 aliphatic carbocycles. The van der Waals surface area contributed by atoms with E-state index in [4.69, 9.17) is 0 Å². The molecule has 0 rings (SSSR count). The van der Waals surface area contributed by atoms with Crippen LogP contribution >= 0.6 is 0 Å². The van der Waals surface area contributed by atoms with Crippen LogP contribution < -0.4 is 0 Å². The third-order valence-electron chi connectivity index (χ3n) is 0. The fourth-order valence-corrected chi connectivity index (χ4v) is 0. The first kappa shape index (κ1) is 21.9. The van der Waals surface area contributed by atoms with Gasteiger partial charge in [0.25, 0.3) is 0 Å². The van der Waals surface area contributed by atoms with Crippen LogP contribution in [-0.2, 0) is 22.4 Å². The van der Waals surface area contributed by atoms with Gasteiger partial charge in [-0.15, -0.1) is 0 Å². The van der Waals surface area contributed by atoms with Crippen molar-refractivity contribution in [2.24, 2.45) is 0 Å². The Kier molecular flexibility index (Phi) is 281. The van der Waals surface area contributed by atoms with Crippen LogP contribution in [0.25, 0.3) is 0 Å². The Balaban J connectivity index is -0.00000000500. The Morgan fingerprint density at radius 3 is 1.25 bits per heavy atom. The molecule has 0 aromatic carbocycles. The summed E-state index contributed by atoms with van der Waals surface area (Å²) in [7, 11) is 0. The Morgan fingerprint density at radius 2 is 1.25 bits per heavy atom. The zero-order chi connectivity index (χ0) is 2.00. The third kappa shape index (κ3) is 15.1. The van der Waals surface area contributed by atoms with Crippen molar-refractivity contribution in [1.82, 2.24) is 0 Å². The van der Waals surface area contributed by atoms with E-state index in [0.717, 1.165) is 0 Å². The smallest absolute Gasteiger partial charge is 0.358 e. The van der Waals surface area contributed by atoms with E-state index in [1.807, 2.05) is 0 Å². The summed E-state index contributed by atoms with van der Waals surface area (Å²) in [5, 5.41) is 0. The van der Waals surface area contributed by atoms with Crippen molar-refractivity contribution in [3.8, 4) is 0 Å². The molecule has 0 heterocycles. The number of rotatable bonds is 0. The van der Waals surface area contributed by atoms with Crippen molar-refractivity contribution in [2.75, 3.05) is 0 Å². The average Bonchev–Trinajstić information content (AvgIpc) is 1.00. The molecule has 0 atom stereocenters. The minimum absolute atomic E-state index is 0. The molecule has 0 aliphatic heterocycles. The minimum atomic E-state index is 0. The van der Waals surface area contributed by atoms with Crippen LogP contribution in [0.1, 0.15) is 6.92 Å². The SMILES string of the molecule is [CH2-]C.[CH3-].[Ta+2]. The zero-order valence-electron chi connectivity index (χ0n) is 3.15. The maximum absolute atomic E-state index is 3.25. The van der Waals surface area contributed by atoms with Crippen molar-refractivity contribution in [3.05, 3.63) is 14.4 Å². The van der Waals surface area contributed by atoms with Gasteiger partial charge in [-0.05, 0) is 0 Å². The van der Waals surface area contributed by atoms with Gasteiger partial charge >= 0.3 is 22.4 Å². The van der Waals surface area contributed by atoms with Crippen LogP contribution in [-0.4, -0.2) is 0 Å². The molecule has 0 saturated heterocycles. The topological polar surface area (TPSA) is 0 Å². The standard InChI is InChI=1S/C2H5.CH3.Ta/c1-2;;/h1H2,2H3;1H3;/q2*-1;+2.